The number of hydrogen-bond donors (Lipinski definition) is 3. The largest absolute Gasteiger partial charge is 0.507 e. The molecule has 0 radical (unpaired) electrons. The molecule has 3 N–H and O–H groups in total. The molecule has 2 atom stereocenters. The molecule has 126 valence electrons. The number of phenolic OH excluding ortho intramolecular Hbond substituents is 2. The molecule has 0 aromatic heterocycles. The van der Waals surface area contributed by atoms with Gasteiger partial charge in [-0.2, -0.15) is 0 Å². The van der Waals surface area contributed by atoms with Crippen LogP contribution in [0.2, 0.25) is 0 Å². The normalized spacial score (nSPS) is 23.1. The van der Waals surface area contributed by atoms with E-state index in [0.717, 1.165) is 0 Å². The molecular weight excluding hydrogens is 316 g/mol. The van der Waals surface area contributed by atoms with Gasteiger partial charge in [0.2, 0.25) is 0 Å². The van der Waals surface area contributed by atoms with Gasteiger partial charge >= 0.3 is 5.97 Å². The second-order valence-electron chi connectivity index (χ2n) is 6.06. The van der Waals surface area contributed by atoms with Gasteiger partial charge in [0.25, 0.3) is 0 Å². The molecule has 0 spiro atoms. The number of carbonyl (C=O) groups is 3. The number of fused-ring (bicyclic) bond motifs is 1. The average molecular weight is 332 g/mol. The smallest absolute Gasteiger partial charge is 0.305 e. The summed E-state index contributed by atoms with van der Waals surface area (Å²) in [6.07, 6.45) is -1.81. The topological polar surface area (TPSA) is 121 Å². The van der Waals surface area contributed by atoms with E-state index in [1.807, 2.05) is 0 Å². The van der Waals surface area contributed by atoms with E-state index in [0.29, 0.717) is 0 Å². The maximum absolute atomic E-state index is 12.8. The fourth-order valence-corrected chi connectivity index (χ4v) is 3.37. The summed E-state index contributed by atoms with van der Waals surface area (Å²) < 4.78 is 5.54. The Kier molecular flexibility index (Phi) is 3.68. The summed E-state index contributed by atoms with van der Waals surface area (Å²) in [5, 5.41) is 29.2. The zero-order chi connectivity index (χ0) is 17.8. The zero-order valence-electron chi connectivity index (χ0n) is 13.1. The van der Waals surface area contributed by atoms with Gasteiger partial charge < -0.3 is 20.1 Å². The predicted molar refractivity (Wildman–Crippen MR) is 81.4 cm³/mol. The van der Waals surface area contributed by atoms with Crippen molar-refractivity contribution >= 4 is 17.5 Å². The Morgan fingerprint density at radius 2 is 1.92 bits per heavy atom. The highest BCUT2D eigenvalue weighted by Crippen LogP contribution is 2.43. The van der Waals surface area contributed by atoms with E-state index in [1.165, 1.54) is 13.0 Å². The van der Waals surface area contributed by atoms with Crippen molar-refractivity contribution in [3.05, 3.63) is 33.9 Å². The van der Waals surface area contributed by atoms with E-state index in [-0.39, 0.29) is 52.2 Å². The molecule has 24 heavy (non-hydrogen) atoms. The maximum atomic E-state index is 12.8. The number of carboxylic acids is 1. The molecule has 1 aliphatic heterocycles. The fraction of sp³-hybridized carbons (Fsp3) is 0.353. The highest BCUT2D eigenvalue weighted by molar-refractivity contribution is 6.29. The Morgan fingerprint density at radius 1 is 1.25 bits per heavy atom. The Bertz CT molecular complexity index is 819. The number of Topliss-reactive ketones (excluding diaryl/α,β-unsaturated/α-hetero) is 2. The molecule has 7 nitrogen and oxygen atoms in total. The van der Waals surface area contributed by atoms with E-state index < -0.39 is 29.7 Å². The summed E-state index contributed by atoms with van der Waals surface area (Å²) in [5.41, 5.74) is 0.100. The molecule has 0 saturated carbocycles. The summed E-state index contributed by atoms with van der Waals surface area (Å²) in [6, 6.07) is 1.22. The molecule has 1 aliphatic carbocycles. The van der Waals surface area contributed by atoms with Gasteiger partial charge in [-0.1, -0.05) is 0 Å². The van der Waals surface area contributed by atoms with Crippen LogP contribution in [-0.2, 0) is 9.53 Å². The number of aliphatic carboxylic acids is 1. The van der Waals surface area contributed by atoms with Crippen LogP contribution in [0.1, 0.15) is 46.0 Å². The van der Waals surface area contributed by atoms with Gasteiger partial charge in [-0.25, -0.2) is 0 Å². The van der Waals surface area contributed by atoms with Crippen molar-refractivity contribution in [2.75, 3.05) is 0 Å². The SMILES string of the molecule is Cc1cc(O)c2c(c1O)C(=O)C1=C(CC(CC(=O)O)OC1C)C2=O. The van der Waals surface area contributed by atoms with E-state index >= 15 is 0 Å². The molecule has 0 bridgehead atoms. The maximum Gasteiger partial charge on any atom is 0.305 e. The minimum atomic E-state index is -1.07. The fourth-order valence-electron chi connectivity index (χ4n) is 3.37. The van der Waals surface area contributed by atoms with Gasteiger partial charge in [0, 0.05) is 17.6 Å². The number of aryl methyl sites for hydroxylation is 1. The number of carbonyl (C=O) groups excluding carboxylic acids is 2. The molecular formula is C17H16O7. The Labute approximate surface area is 137 Å². The average Bonchev–Trinajstić information content (AvgIpc) is 2.47. The van der Waals surface area contributed by atoms with Crippen LogP contribution in [0.4, 0.5) is 0 Å². The lowest BCUT2D eigenvalue weighted by atomic mass is 9.77. The summed E-state index contributed by atoms with van der Waals surface area (Å²) in [5.74, 6) is -2.93. The number of carboxylic acid groups (broad SMARTS) is 1. The van der Waals surface area contributed by atoms with Gasteiger partial charge in [-0.3, -0.25) is 14.4 Å². The van der Waals surface area contributed by atoms with Crippen LogP contribution in [0.15, 0.2) is 17.2 Å². The van der Waals surface area contributed by atoms with E-state index in [2.05, 4.69) is 0 Å². The summed E-state index contributed by atoms with van der Waals surface area (Å²) in [7, 11) is 0. The van der Waals surface area contributed by atoms with Crippen molar-refractivity contribution < 1.29 is 34.4 Å². The van der Waals surface area contributed by atoms with Crippen molar-refractivity contribution in [3.63, 3.8) is 0 Å². The number of rotatable bonds is 2. The molecule has 2 unspecified atom stereocenters. The van der Waals surface area contributed by atoms with Crippen LogP contribution in [-0.4, -0.2) is 45.1 Å². The lowest BCUT2D eigenvalue weighted by Crippen LogP contribution is -2.38. The second-order valence-corrected chi connectivity index (χ2v) is 6.06. The highest BCUT2D eigenvalue weighted by atomic mass is 16.5. The number of phenols is 2. The van der Waals surface area contributed by atoms with Crippen molar-refractivity contribution in [1.29, 1.82) is 0 Å². The van der Waals surface area contributed by atoms with Crippen molar-refractivity contribution in [3.8, 4) is 11.5 Å². The molecule has 1 aromatic carbocycles. The Hall–Kier alpha value is -2.67. The van der Waals surface area contributed by atoms with Crippen molar-refractivity contribution in [1.82, 2.24) is 0 Å². The third-order valence-corrected chi connectivity index (χ3v) is 4.40. The van der Waals surface area contributed by atoms with Gasteiger partial charge in [0.1, 0.15) is 11.5 Å². The first-order valence-electron chi connectivity index (χ1n) is 7.47. The van der Waals surface area contributed by atoms with Crippen LogP contribution >= 0.6 is 0 Å². The van der Waals surface area contributed by atoms with Gasteiger partial charge in [0.05, 0.1) is 29.8 Å². The Morgan fingerprint density at radius 3 is 2.54 bits per heavy atom. The summed E-state index contributed by atoms with van der Waals surface area (Å²) >= 11 is 0. The third kappa shape index (κ3) is 2.28. The molecule has 0 amide bonds. The first-order valence-corrected chi connectivity index (χ1v) is 7.47. The van der Waals surface area contributed by atoms with Crippen molar-refractivity contribution in [2.45, 2.75) is 38.9 Å². The van der Waals surface area contributed by atoms with Crippen LogP contribution in [0.25, 0.3) is 0 Å². The molecule has 0 fully saturated rings. The van der Waals surface area contributed by atoms with E-state index in [1.54, 1.807) is 6.92 Å². The molecule has 1 heterocycles. The van der Waals surface area contributed by atoms with E-state index in [4.69, 9.17) is 9.84 Å². The van der Waals surface area contributed by atoms with Gasteiger partial charge in [-0.05, 0) is 25.5 Å². The Balaban J connectivity index is 2.15. The third-order valence-electron chi connectivity index (χ3n) is 4.40. The predicted octanol–water partition coefficient (Wildman–Crippen LogP) is 1.73. The van der Waals surface area contributed by atoms with Crippen LogP contribution in [0.3, 0.4) is 0 Å². The molecule has 2 aliphatic rings. The van der Waals surface area contributed by atoms with Gasteiger partial charge in [0.15, 0.2) is 11.6 Å². The molecule has 7 heteroatoms. The molecule has 3 rings (SSSR count). The molecule has 0 saturated heterocycles. The first kappa shape index (κ1) is 16.2. The minimum absolute atomic E-state index is 0.0237. The monoisotopic (exact) mass is 332 g/mol. The van der Waals surface area contributed by atoms with Crippen LogP contribution in [0.5, 0.6) is 11.5 Å². The van der Waals surface area contributed by atoms with Crippen molar-refractivity contribution in [2.24, 2.45) is 0 Å². The number of benzene rings is 1. The molecule has 1 aromatic rings. The van der Waals surface area contributed by atoms with Gasteiger partial charge in [-0.15, -0.1) is 0 Å². The van der Waals surface area contributed by atoms with Crippen LogP contribution < -0.4 is 0 Å². The standard InChI is InChI=1S/C17H16O7/c1-6-3-10(18)13-14(15(6)21)17(23)12-7(2)24-8(5-11(19)20)4-9(12)16(13)22/h3,7-8,18,21H,4-5H2,1-2H3,(H,19,20). The summed E-state index contributed by atoms with van der Waals surface area (Å²) in [4.78, 5) is 36.5. The van der Waals surface area contributed by atoms with Crippen LogP contribution in [0, 0.1) is 6.92 Å². The number of ether oxygens (including phenoxy) is 1. The van der Waals surface area contributed by atoms with E-state index in [9.17, 15) is 24.6 Å². The first-order chi connectivity index (χ1) is 11.2. The summed E-state index contributed by atoms with van der Waals surface area (Å²) in [6.45, 7) is 3.08. The number of aromatic hydroxyl groups is 2. The highest BCUT2D eigenvalue weighted by Gasteiger charge is 2.43. The second kappa shape index (κ2) is 5.45. The lowest BCUT2D eigenvalue weighted by Gasteiger charge is -2.34. The zero-order valence-corrected chi connectivity index (χ0v) is 13.1. The lowest BCUT2D eigenvalue weighted by molar-refractivity contribution is -0.141. The number of hydrogen-bond acceptors (Lipinski definition) is 6. The minimum Gasteiger partial charge on any atom is -0.507 e. The quantitative estimate of drug-likeness (QED) is 0.705. The number of ketones is 2.